The van der Waals surface area contributed by atoms with Gasteiger partial charge < -0.3 is 20.1 Å². The number of aryl methyl sites for hydroxylation is 1. The Labute approximate surface area is 187 Å². The average molecular weight is 450 g/mol. The normalized spacial score (nSPS) is 11.8. The summed E-state index contributed by atoms with van der Waals surface area (Å²) in [5.74, 6) is 1.89. The van der Waals surface area contributed by atoms with Crippen molar-refractivity contribution >= 4 is 23.8 Å². The number of aromatic nitrogens is 3. The molecule has 0 spiro atoms. The molecule has 0 radical (unpaired) electrons. The number of ether oxygens (including phenoxy) is 2. The van der Waals surface area contributed by atoms with E-state index >= 15 is 0 Å². The number of thioether (sulfide) groups is 1. The molecule has 170 valence electrons. The Bertz CT molecular complexity index is 854. The van der Waals surface area contributed by atoms with Crippen molar-refractivity contribution in [2.24, 2.45) is 5.92 Å². The molecule has 2 aromatic rings. The van der Waals surface area contributed by atoms with Gasteiger partial charge in [0.2, 0.25) is 5.91 Å². The molecule has 1 aromatic heterocycles. The van der Waals surface area contributed by atoms with E-state index in [2.05, 4.69) is 34.7 Å². The quantitative estimate of drug-likeness (QED) is 0.508. The van der Waals surface area contributed by atoms with Crippen LogP contribution in [0.15, 0.2) is 29.4 Å². The van der Waals surface area contributed by atoms with Crippen molar-refractivity contribution in [2.45, 2.75) is 45.3 Å². The summed E-state index contributed by atoms with van der Waals surface area (Å²) in [6.07, 6.45) is 0.261. The van der Waals surface area contributed by atoms with Crippen LogP contribution in [0.3, 0.4) is 0 Å². The molecule has 0 aliphatic rings. The standard InChI is InChI=1S/C21H31N5O4S/c1-6-30-21(28)23-16(11-14(2)3)12-22-19(27)13-31-20-25-24-15(4)26(20)17-7-9-18(29-5)10-8-17/h7-10,14,16H,6,11-13H2,1-5H3,(H,22,27)(H,23,28). The van der Waals surface area contributed by atoms with E-state index in [1.165, 1.54) is 11.8 Å². The van der Waals surface area contributed by atoms with Crippen molar-refractivity contribution in [3.8, 4) is 11.4 Å². The maximum absolute atomic E-state index is 12.4. The lowest BCUT2D eigenvalue weighted by Gasteiger charge is -2.20. The van der Waals surface area contributed by atoms with Gasteiger partial charge in [0.15, 0.2) is 5.16 Å². The third-order valence-electron chi connectivity index (χ3n) is 4.36. The van der Waals surface area contributed by atoms with E-state index in [1.807, 2.05) is 35.8 Å². The van der Waals surface area contributed by atoms with Gasteiger partial charge in [-0.1, -0.05) is 25.6 Å². The molecular weight excluding hydrogens is 418 g/mol. The first-order chi connectivity index (χ1) is 14.8. The molecule has 10 heteroatoms. The predicted molar refractivity (Wildman–Crippen MR) is 120 cm³/mol. The number of hydrogen-bond acceptors (Lipinski definition) is 7. The number of nitrogens with zero attached hydrogens (tertiary/aromatic N) is 3. The zero-order valence-corrected chi connectivity index (χ0v) is 19.5. The highest BCUT2D eigenvalue weighted by Crippen LogP contribution is 2.23. The first-order valence-corrected chi connectivity index (χ1v) is 11.2. The van der Waals surface area contributed by atoms with Crippen LogP contribution in [0, 0.1) is 12.8 Å². The fraction of sp³-hybridized carbons (Fsp3) is 0.524. The highest BCUT2D eigenvalue weighted by Gasteiger charge is 2.17. The van der Waals surface area contributed by atoms with Crippen LogP contribution in [-0.4, -0.2) is 58.8 Å². The molecule has 0 bridgehead atoms. The Balaban J connectivity index is 1.93. The largest absolute Gasteiger partial charge is 0.497 e. The van der Waals surface area contributed by atoms with E-state index in [-0.39, 0.29) is 17.7 Å². The second-order valence-electron chi connectivity index (χ2n) is 7.35. The number of amides is 2. The van der Waals surface area contributed by atoms with Crippen molar-refractivity contribution in [1.29, 1.82) is 0 Å². The highest BCUT2D eigenvalue weighted by molar-refractivity contribution is 7.99. The minimum Gasteiger partial charge on any atom is -0.497 e. The number of rotatable bonds is 11. The molecule has 0 aliphatic heterocycles. The lowest BCUT2D eigenvalue weighted by Crippen LogP contribution is -2.45. The molecule has 9 nitrogen and oxygen atoms in total. The van der Waals surface area contributed by atoms with Gasteiger partial charge in [-0.25, -0.2) is 4.79 Å². The summed E-state index contributed by atoms with van der Waals surface area (Å²) in [5.41, 5.74) is 0.891. The third kappa shape index (κ3) is 7.78. The highest BCUT2D eigenvalue weighted by atomic mass is 32.2. The third-order valence-corrected chi connectivity index (χ3v) is 5.29. The van der Waals surface area contributed by atoms with Gasteiger partial charge in [0.25, 0.3) is 0 Å². The molecule has 2 N–H and O–H groups in total. The van der Waals surface area contributed by atoms with Gasteiger partial charge in [0.1, 0.15) is 11.6 Å². The number of carbonyl (C=O) groups is 2. The Morgan fingerprint density at radius 2 is 1.90 bits per heavy atom. The molecule has 1 unspecified atom stereocenters. The summed E-state index contributed by atoms with van der Waals surface area (Å²) < 4.78 is 12.0. The average Bonchev–Trinajstić information content (AvgIpc) is 3.10. The number of benzene rings is 1. The van der Waals surface area contributed by atoms with Gasteiger partial charge >= 0.3 is 6.09 Å². The summed E-state index contributed by atoms with van der Waals surface area (Å²) in [6, 6.07) is 7.36. The number of carbonyl (C=O) groups excluding carboxylic acids is 2. The van der Waals surface area contributed by atoms with Crippen LogP contribution in [-0.2, 0) is 9.53 Å². The van der Waals surface area contributed by atoms with Gasteiger partial charge in [0.05, 0.1) is 19.5 Å². The molecule has 1 heterocycles. The monoisotopic (exact) mass is 449 g/mol. The predicted octanol–water partition coefficient (Wildman–Crippen LogP) is 2.95. The summed E-state index contributed by atoms with van der Waals surface area (Å²) in [6.45, 7) is 8.37. The van der Waals surface area contributed by atoms with E-state index in [1.54, 1.807) is 14.0 Å². The Morgan fingerprint density at radius 1 is 1.19 bits per heavy atom. The van der Waals surface area contributed by atoms with E-state index in [0.29, 0.717) is 24.2 Å². The number of hydrogen-bond donors (Lipinski definition) is 2. The van der Waals surface area contributed by atoms with Gasteiger partial charge in [-0.15, -0.1) is 10.2 Å². The van der Waals surface area contributed by atoms with Gasteiger partial charge in [0, 0.05) is 18.3 Å². The maximum atomic E-state index is 12.4. The molecular formula is C21H31N5O4S. The zero-order chi connectivity index (χ0) is 22.8. The second-order valence-corrected chi connectivity index (χ2v) is 8.29. The van der Waals surface area contributed by atoms with Crippen LogP contribution in [0.4, 0.5) is 4.79 Å². The Hall–Kier alpha value is -2.75. The summed E-state index contributed by atoms with van der Waals surface area (Å²) in [5, 5.41) is 14.6. The van der Waals surface area contributed by atoms with Crippen LogP contribution >= 0.6 is 11.8 Å². The fourth-order valence-electron chi connectivity index (χ4n) is 2.98. The van der Waals surface area contributed by atoms with Crippen molar-refractivity contribution in [2.75, 3.05) is 26.0 Å². The van der Waals surface area contributed by atoms with Crippen LogP contribution in [0.5, 0.6) is 5.75 Å². The minimum atomic E-state index is -0.472. The van der Waals surface area contributed by atoms with E-state index in [9.17, 15) is 9.59 Å². The molecule has 0 saturated carbocycles. The zero-order valence-electron chi connectivity index (χ0n) is 18.7. The van der Waals surface area contributed by atoms with Gasteiger partial charge in [-0.2, -0.15) is 0 Å². The van der Waals surface area contributed by atoms with E-state index in [4.69, 9.17) is 9.47 Å². The van der Waals surface area contributed by atoms with E-state index in [0.717, 1.165) is 23.7 Å². The van der Waals surface area contributed by atoms with Crippen molar-refractivity contribution < 1.29 is 19.1 Å². The topological polar surface area (TPSA) is 107 Å². The molecule has 2 rings (SSSR count). The van der Waals surface area contributed by atoms with Crippen molar-refractivity contribution in [3.05, 3.63) is 30.1 Å². The number of methoxy groups -OCH3 is 1. The van der Waals surface area contributed by atoms with Crippen LogP contribution in [0.25, 0.3) is 5.69 Å². The summed E-state index contributed by atoms with van der Waals surface area (Å²) in [4.78, 5) is 24.1. The molecule has 0 saturated heterocycles. The molecule has 31 heavy (non-hydrogen) atoms. The van der Waals surface area contributed by atoms with Crippen molar-refractivity contribution in [3.63, 3.8) is 0 Å². The number of alkyl carbamates (subject to hydrolysis) is 1. The number of nitrogens with one attached hydrogen (secondary N) is 2. The van der Waals surface area contributed by atoms with Gasteiger partial charge in [-0.3, -0.25) is 9.36 Å². The van der Waals surface area contributed by atoms with Gasteiger partial charge in [-0.05, 0) is 50.5 Å². The molecule has 0 fully saturated rings. The van der Waals surface area contributed by atoms with Crippen LogP contribution in [0.1, 0.15) is 33.0 Å². The Kier molecular flexibility index (Phi) is 9.64. The molecule has 1 atom stereocenters. The maximum Gasteiger partial charge on any atom is 0.407 e. The van der Waals surface area contributed by atoms with Crippen LogP contribution < -0.4 is 15.4 Å². The lowest BCUT2D eigenvalue weighted by molar-refractivity contribution is -0.118. The van der Waals surface area contributed by atoms with Crippen molar-refractivity contribution in [1.82, 2.24) is 25.4 Å². The first-order valence-electron chi connectivity index (χ1n) is 10.2. The Morgan fingerprint density at radius 3 is 2.52 bits per heavy atom. The fourth-order valence-corrected chi connectivity index (χ4v) is 3.81. The summed E-state index contributed by atoms with van der Waals surface area (Å²) >= 11 is 1.30. The minimum absolute atomic E-state index is 0.147. The smallest absolute Gasteiger partial charge is 0.407 e. The van der Waals surface area contributed by atoms with Crippen LogP contribution in [0.2, 0.25) is 0 Å². The van der Waals surface area contributed by atoms with E-state index < -0.39 is 6.09 Å². The summed E-state index contributed by atoms with van der Waals surface area (Å²) in [7, 11) is 1.62. The lowest BCUT2D eigenvalue weighted by atomic mass is 10.0. The molecule has 1 aromatic carbocycles. The SMILES string of the molecule is CCOC(=O)NC(CNC(=O)CSc1nnc(C)n1-c1ccc(OC)cc1)CC(C)C. The first kappa shape index (κ1) is 24.5. The molecule has 2 amide bonds. The second kappa shape index (κ2) is 12.2. The molecule has 0 aliphatic carbocycles.